The highest BCUT2D eigenvalue weighted by Crippen LogP contribution is 2.61. The third-order valence-electron chi connectivity index (χ3n) is 7.20. The van der Waals surface area contributed by atoms with Gasteiger partial charge in [0.1, 0.15) is 0 Å². The third-order valence-corrected chi connectivity index (χ3v) is 7.20. The average molecular weight is 379 g/mol. The summed E-state index contributed by atoms with van der Waals surface area (Å²) in [6.45, 7) is 4.06. The molecule has 3 heteroatoms. The molecule has 1 aliphatic heterocycles. The van der Waals surface area contributed by atoms with Crippen LogP contribution in [0.5, 0.6) is 0 Å². The van der Waals surface area contributed by atoms with Gasteiger partial charge in [-0.25, -0.2) is 4.90 Å². The number of amides is 2. The van der Waals surface area contributed by atoms with Crippen LogP contribution in [0.25, 0.3) is 0 Å². The number of anilines is 1. The minimum atomic E-state index is -0.320. The molecule has 2 bridgehead atoms. The average Bonchev–Trinajstić information content (AvgIpc) is 3.01. The maximum Gasteiger partial charge on any atom is 0.238 e. The Labute approximate surface area is 170 Å². The van der Waals surface area contributed by atoms with Crippen LogP contribution in [0.4, 0.5) is 5.69 Å². The zero-order chi connectivity index (χ0) is 19.9. The van der Waals surface area contributed by atoms with Crippen molar-refractivity contribution in [1.29, 1.82) is 0 Å². The fraction of sp³-hybridized carbons (Fsp3) is 0.231. The Morgan fingerprint density at radius 2 is 1.07 bits per heavy atom. The van der Waals surface area contributed by atoms with Gasteiger partial charge in [-0.05, 0) is 59.4 Å². The summed E-state index contributed by atoms with van der Waals surface area (Å²) in [6.07, 6.45) is 0. The lowest BCUT2D eigenvalue weighted by molar-refractivity contribution is -0.122. The highest BCUT2D eigenvalue weighted by molar-refractivity contribution is 6.23. The van der Waals surface area contributed by atoms with Gasteiger partial charge in [-0.3, -0.25) is 9.59 Å². The largest absolute Gasteiger partial charge is 0.274 e. The molecule has 2 amide bonds. The highest BCUT2D eigenvalue weighted by Gasteiger charge is 2.61. The van der Waals surface area contributed by atoms with Crippen LogP contribution in [-0.4, -0.2) is 11.8 Å². The Morgan fingerprint density at radius 1 is 0.621 bits per heavy atom. The molecule has 0 unspecified atom stereocenters. The van der Waals surface area contributed by atoms with E-state index in [-0.39, 0.29) is 35.5 Å². The number of imide groups is 1. The first kappa shape index (κ1) is 16.7. The summed E-state index contributed by atoms with van der Waals surface area (Å²) in [5, 5.41) is 0. The van der Waals surface area contributed by atoms with E-state index in [0.717, 1.165) is 11.1 Å². The molecule has 0 saturated carbocycles. The number of hydrogen-bond acceptors (Lipinski definition) is 2. The summed E-state index contributed by atoms with van der Waals surface area (Å²) in [6, 6.07) is 22.6. The lowest BCUT2D eigenvalue weighted by Crippen LogP contribution is -2.41. The molecule has 0 N–H and O–H groups in total. The molecule has 0 aromatic heterocycles. The molecule has 1 saturated heterocycles. The number of carbonyl (C=O) groups excluding carboxylic acids is 2. The standard InChI is InChI=1S/C26H21NO2/c1-14-11-12-16(13-15(14)2)27-25(28)23-21-17-7-3-4-8-18(17)22(24(23)26(27)29)20-10-6-5-9-19(20)21/h3-13,21-24H,1-2H3/t21?,22?,23-,24-/m0/s1. The molecule has 3 aromatic carbocycles. The van der Waals surface area contributed by atoms with E-state index in [1.54, 1.807) is 0 Å². The predicted octanol–water partition coefficient (Wildman–Crippen LogP) is 4.70. The summed E-state index contributed by atoms with van der Waals surface area (Å²) in [7, 11) is 0. The van der Waals surface area contributed by atoms with Crippen LogP contribution in [-0.2, 0) is 9.59 Å². The van der Waals surface area contributed by atoms with Gasteiger partial charge in [0.25, 0.3) is 0 Å². The maximum absolute atomic E-state index is 13.7. The molecule has 142 valence electrons. The van der Waals surface area contributed by atoms with Crippen LogP contribution in [0.15, 0.2) is 66.7 Å². The van der Waals surface area contributed by atoms with E-state index in [2.05, 4.69) is 24.3 Å². The summed E-state index contributed by atoms with van der Waals surface area (Å²) in [5.41, 5.74) is 7.78. The highest BCUT2D eigenvalue weighted by atomic mass is 16.2. The topological polar surface area (TPSA) is 37.4 Å². The minimum absolute atomic E-state index is 0.0506. The van der Waals surface area contributed by atoms with Gasteiger partial charge < -0.3 is 0 Å². The second-order valence-electron chi connectivity index (χ2n) is 8.55. The van der Waals surface area contributed by atoms with E-state index >= 15 is 0 Å². The number of nitrogens with zero attached hydrogens (tertiary/aromatic N) is 1. The first-order valence-electron chi connectivity index (χ1n) is 10.2. The van der Waals surface area contributed by atoms with Gasteiger partial charge >= 0.3 is 0 Å². The molecule has 3 nitrogen and oxygen atoms in total. The molecule has 0 spiro atoms. The van der Waals surface area contributed by atoms with E-state index in [1.807, 2.05) is 56.3 Å². The lowest BCUT2D eigenvalue weighted by Gasteiger charge is -2.45. The second kappa shape index (κ2) is 5.66. The summed E-state index contributed by atoms with van der Waals surface area (Å²) in [5.74, 6) is -0.849. The summed E-state index contributed by atoms with van der Waals surface area (Å²) in [4.78, 5) is 28.8. The van der Waals surface area contributed by atoms with E-state index in [4.69, 9.17) is 0 Å². The SMILES string of the molecule is Cc1ccc(N2C(=O)[C@H]3C4c5ccccc5C(c5ccccc54)[C@@H]3C2=O)cc1C. The molecule has 1 fully saturated rings. The van der Waals surface area contributed by atoms with Crippen molar-refractivity contribution in [3.8, 4) is 0 Å². The molecular weight excluding hydrogens is 358 g/mol. The molecule has 2 atom stereocenters. The van der Waals surface area contributed by atoms with Crippen molar-refractivity contribution in [2.24, 2.45) is 11.8 Å². The monoisotopic (exact) mass is 379 g/mol. The predicted molar refractivity (Wildman–Crippen MR) is 112 cm³/mol. The van der Waals surface area contributed by atoms with Crippen LogP contribution in [0.2, 0.25) is 0 Å². The first-order chi connectivity index (χ1) is 14.1. The number of hydrogen-bond donors (Lipinski definition) is 0. The Balaban J connectivity index is 1.56. The second-order valence-corrected chi connectivity index (χ2v) is 8.55. The van der Waals surface area contributed by atoms with Gasteiger partial charge in [0.2, 0.25) is 11.8 Å². The zero-order valence-corrected chi connectivity index (χ0v) is 16.4. The Kier molecular flexibility index (Phi) is 3.27. The van der Waals surface area contributed by atoms with Crippen LogP contribution < -0.4 is 4.90 Å². The van der Waals surface area contributed by atoms with Gasteiger partial charge in [0, 0.05) is 11.8 Å². The number of rotatable bonds is 1. The van der Waals surface area contributed by atoms with Crippen LogP contribution in [0.1, 0.15) is 45.2 Å². The van der Waals surface area contributed by atoms with Gasteiger partial charge in [-0.15, -0.1) is 0 Å². The van der Waals surface area contributed by atoms with Crippen molar-refractivity contribution in [3.05, 3.63) is 100 Å². The van der Waals surface area contributed by atoms with Gasteiger partial charge in [0.05, 0.1) is 17.5 Å². The molecule has 29 heavy (non-hydrogen) atoms. The minimum Gasteiger partial charge on any atom is -0.274 e. The Hall–Kier alpha value is -3.20. The smallest absolute Gasteiger partial charge is 0.238 e. The van der Waals surface area contributed by atoms with Crippen molar-refractivity contribution < 1.29 is 9.59 Å². The van der Waals surface area contributed by atoms with Crippen LogP contribution in [0, 0.1) is 25.7 Å². The Morgan fingerprint density at radius 3 is 1.48 bits per heavy atom. The summed E-state index contributed by atoms with van der Waals surface area (Å²) >= 11 is 0. The maximum atomic E-state index is 13.7. The van der Waals surface area contributed by atoms with Crippen LogP contribution >= 0.6 is 0 Å². The third kappa shape index (κ3) is 2.02. The van der Waals surface area contributed by atoms with E-state index in [1.165, 1.54) is 27.2 Å². The van der Waals surface area contributed by atoms with Crippen LogP contribution in [0.3, 0.4) is 0 Å². The lowest BCUT2D eigenvalue weighted by atomic mass is 9.55. The molecule has 0 radical (unpaired) electrons. The van der Waals surface area contributed by atoms with Crippen molar-refractivity contribution in [1.82, 2.24) is 0 Å². The van der Waals surface area contributed by atoms with E-state index in [9.17, 15) is 9.59 Å². The fourth-order valence-corrected chi connectivity index (χ4v) is 5.80. The van der Waals surface area contributed by atoms with Gasteiger partial charge in [0.15, 0.2) is 0 Å². The molecular formula is C26H21NO2. The quantitative estimate of drug-likeness (QED) is 0.575. The fourth-order valence-electron chi connectivity index (χ4n) is 5.80. The van der Waals surface area contributed by atoms with Crippen molar-refractivity contribution >= 4 is 17.5 Å². The first-order valence-corrected chi connectivity index (χ1v) is 10.2. The number of benzene rings is 3. The molecule has 3 aliphatic carbocycles. The van der Waals surface area contributed by atoms with E-state index < -0.39 is 0 Å². The van der Waals surface area contributed by atoms with Gasteiger partial charge in [-0.1, -0.05) is 54.6 Å². The molecule has 7 rings (SSSR count). The Bertz CT molecular complexity index is 1100. The van der Waals surface area contributed by atoms with Gasteiger partial charge in [-0.2, -0.15) is 0 Å². The van der Waals surface area contributed by atoms with Crippen molar-refractivity contribution in [2.45, 2.75) is 25.7 Å². The zero-order valence-electron chi connectivity index (χ0n) is 16.4. The normalized spacial score (nSPS) is 26.3. The number of carbonyl (C=O) groups is 2. The van der Waals surface area contributed by atoms with Crippen molar-refractivity contribution in [3.63, 3.8) is 0 Å². The number of aryl methyl sites for hydroxylation is 2. The molecule has 3 aromatic rings. The van der Waals surface area contributed by atoms with Crippen molar-refractivity contribution in [2.75, 3.05) is 4.90 Å². The van der Waals surface area contributed by atoms with E-state index in [0.29, 0.717) is 5.69 Å². The molecule has 4 aliphatic rings. The summed E-state index contributed by atoms with van der Waals surface area (Å²) < 4.78 is 0. The molecule has 1 heterocycles.